The molecule has 0 bridgehead atoms. The predicted octanol–water partition coefficient (Wildman–Crippen LogP) is 4.85. The number of hydrogen-bond acceptors (Lipinski definition) is 5. The average molecular weight is 447 g/mol. The Morgan fingerprint density at radius 2 is 1.96 bits per heavy atom. The van der Waals surface area contributed by atoms with Crippen molar-refractivity contribution in [2.45, 2.75) is 26.9 Å². The molecule has 0 aliphatic carbocycles. The van der Waals surface area contributed by atoms with E-state index in [4.69, 9.17) is 4.74 Å². The molecule has 0 spiro atoms. The van der Waals surface area contributed by atoms with Gasteiger partial charge in [0.05, 0.1) is 17.5 Å². The van der Waals surface area contributed by atoms with E-state index >= 15 is 0 Å². The average Bonchev–Trinajstić information content (AvgIpc) is 2.56. The van der Waals surface area contributed by atoms with Gasteiger partial charge in [-0.1, -0.05) is 12.1 Å². The molecule has 25 heavy (non-hydrogen) atoms. The Kier molecular flexibility index (Phi) is 5.17. The van der Waals surface area contributed by atoms with Crippen LogP contribution in [0, 0.1) is 10.5 Å². The van der Waals surface area contributed by atoms with Crippen LogP contribution in [-0.4, -0.2) is 22.0 Å². The van der Waals surface area contributed by atoms with Crippen LogP contribution < -0.4 is 5.32 Å². The van der Waals surface area contributed by atoms with Crippen molar-refractivity contribution in [1.29, 1.82) is 0 Å². The third-order valence-corrected chi connectivity index (χ3v) is 4.51. The summed E-state index contributed by atoms with van der Waals surface area (Å²) in [6.07, 6.45) is 1.32. The van der Waals surface area contributed by atoms with Crippen LogP contribution in [0.4, 0.5) is 11.4 Å². The number of esters is 1. The second kappa shape index (κ2) is 7.35. The number of aromatic nitrogens is 2. The van der Waals surface area contributed by atoms with Crippen molar-refractivity contribution in [2.24, 2.45) is 0 Å². The third-order valence-electron chi connectivity index (χ3n) is 3.57. The lowest BCUT2D eigenvalue weighted by atomic mass is 10.1. The Balaban J connectivity index is 2.17. The van der Waals surface area contributed by atoms with Gasteiger partial charge in [0.15, 0.2) is 5.65 Å². The van der Waals surface area contributed by atoms with Crippen LogP contribution in [0.15, 0.2) is 42.6 Å². The number of rotatable bonds is 4. The van der Waals surface area contributed by atoms with Crippen LogP contribution >= 0.6 is 22.6 Å². The van der Waals surface area contributed by atoms with Crippen LogP contribution in [0.2, 0.25) is 0 Å². The molecule has 0 aliphatic heterocycles. The molecule has 1 N–H and O–H groups in total. The van der Waals surface area contributed by atoms with E-state index in [1.807, 2.05) is 57.2 Å². The van der Waals surface area contributed by atoms with Gasteiger partial charge in [0, 0.05) is 20.8 Å². The third kappa shape index (κ3) is 3.89. The van der Waals surface area contributed by atoms with Crippen LogP contribution in [-0.2, 0) is 4.74 Å². The molecule has 0 radical (unpaired) electrons. The monoisotopic (exact) mass is 447 g/mol. The Hall–Kier alpha value is -2.22. The maximum atomic E-state index is 12.5. The highest BCUT2D eigenvalue weighted by atomic mass is 127. The van der Waals surface area contributed by atoms with Crippen LogP contribution in [0.3, 0.4) is 0 Å². The van der Waals surface area contributed by atoms with E-state index in [-0.39, 0.29) is 6.10 Å². The maximum Gasteiger partial charge on any atom is 0.342 e. The number of para-hydroxylation sites is 1. The number of ether oxygens (including phenoxy) is 1. The summed E-state index contributed by atoms with van der Waals surface area (Å²) in [5.41, 5.74) is 3.43. The number of halogens is 1. The van der Waals surface area contributed by atoms with Crippen molar-refractivity contribution in [2.75, 3.05) is 5.32 Å². The Morgan fingerprint density at radius 1 is 1.20 bits per heavy atom. The SMILES string of the molecule is Cc1ccc2c(Nc3ccccc3I)c(C(=O)OC(C)C)cnc2n1. The molecule has 0 saturated carbocycles. The van der Waals surface area contributed by atoms with Crippen molar-refractivity contribution in [3.05, 3.63) is 57.4 Å². The van der Waals surface area contributed by atoms with Gasteiger partial charge in [-0.3, -0.25) is 0 Å². The second-order valence-corrected chi connectivity index (χ2v) is 7.09. The van der Waals surface area contributed by atoms with Gasteiger partial charge in [0.25, 0.3) is 0 Å². The standard InChI is InChI=1S/C19H18IN3O2/c1-11(2)25-19(24)14-10-21-18-13(9-8-12(3)22-18)17(14)23-16-7-5-4-6-15(16)20/h4-11H,1-3H3,(H,21,22,23). The van der Waals surface area contributed by atoms with Gasteiger partial charge in [-0.25, -0.2) is 14.8 Å². The molecule has 128 valence electrons. The molecule has 0 saturated heterocycles. The summed E-state index contributed by atoms with van der Waals surface area (Å²) in [6.45, 7) is 5.56. The number of fused-ring (bicyclic) bond motifs is 1. The van der Waals surface area contributed by atoms with Gasteiger partial charge in [-0.15, -0.1) is 0 Å². The molecule has 6 heteroatoms. The Labute approximate surface area is 160 Å². The quantitative estimate of drug-likeness (QED) is 0.458. The van der Waals surface area contributed by atoms with Crippen LogP contribution in [0.25, 0.3) is 11.0 Å². The first-order valence-corrected chi connectivity index (χ1v) is 9.02. The minimum Gasteiger partial charge on any atom is -0.459 e. The highest BCUT2D eigenvalue weighted by Crippen LogP contribution is 2.31. The number of pyridine rings is 2. The molecule has 0 unspecified atom stereocenters. The number of nitrogens with one attached hydrogen (secondary N) is 1. The topological polar surface area (TPSA) is 64.1 Å². The molecule has 1 aromatic carbocycles. The zero-order valence-corrected chi connectivity index (χ0v) is 16.4. The van der Waals surface area contributed by atoms with Gasteiger partial charge in [0.1, 0.15) is 5.56 Å². The minimum atomic E-state index is -0.404. The molecular formula is C19H18IN3O2. The Bertz CT molecular complexity index is 941. The lowest BCUT2D eigenvalue weighted by molar-refractivity contribution is 0.0379. The van der Waals surface area contributed by atoms with E-state index in [1.165, 1.54) is 6.20 Å². The van der Waals surface area contributed by atoms with E-state index < -0.39 is 5.97 Å². The first-order valence-electron chi connectivity index (χ1n) is 7.94. The van der Waals surface area contributed by atoms with Crippen molar-refractivity contribution in [1.82, 2.24) is 9.97 Å². The molecule has 2 heterocycles. The largest absolute Gasteiger partial charge is 0.459 e. The maximum absolute atomic E-state index is 12.5. The van der Waals surface area contributed by atoms with Gasteiger partial charge in [-0.2, -0.15) is 0 Å². The lowest BCUT2D eigenvalue weighted by Gasteiger charge is -2.16. The molecule has 3 aromatic rings. The molecule has 0 fully saturated rings. The van der Waals surface area contributed by atoms with E-state index in [0.29, 0.717) is 16.9 Å². The minimum absolute atomic E-state index is 0.205. The van der Waals surface area contributed by atoms with Gasteiger partial charge < -0.3 is 10.1 Å². The number of anilines is 2. The van der Waals surface area contributed by atoms with Gasteiger partial charge in [-0.05, 0) is 67.6 Å². The summed E-state index contributed by atoms with van der Waals surface area (Å²) in [4.78, 5) is 21.3. The van der Waals surface area contributed by atoms with Crippen molar-refractivity contribution in [3.63, 3.8) is 0 Å². The van der Waals surface area contributed by atoms with Crippen LogP contribution in [0.5, 0.6) is 0 Å². The first-order chi connectivity index (χ1) is 12.0. The second-order valence-electron chi connectivity index (χ2n) is 5.93. The van der Waals surface area contributed by atoms with E-state index in [9.17, 15) is 4.79 Å². The molecule has 0 aliphatic rings. The molecule has 0 atom stereocenters. The fourth-order valence-corrected chi connectivity index (χ4v) is 2.96. The number of aryl methyl sites for hydroxylation is 1. The summed E-state index contributed by atoms with van der Waals surface area (Å²) < 4.78 is 6.43. The number of nitrogens with zero attached hydrogens (tertiary/aromatic N) is 2. The van der Waals surface area contributed by atoms with E-state index in [0.717, 1.165) is 20.3 Å². The first kappa shape index (κ1) is 17.6. The number of hydrogen-bond donors (Lipinski definition) is 1. The zero-order valence-electron chi connectivity index (χ0n) is 14.2. The summed E-state index contributed by atoms with van der Waals surface area (Å²) >= 11 is 2.26. The van der Waals surface area contributed by atoms with Gasteiger partial charge >= 0.3 is 5.97 Å². The van der Waals surface area contributed by atoms with Gasteiger partial charge in [0.2, 0.25) is 0 Å². The summed E-state index contributed by atoms with van der Waals surface area (Å²) in [5.74, 6) is -0.404. The van der Waals surface area contributed by atoms with Crippen molar-refractivity contribution in [3.8, 4) is 0 Å². The smallest absolute Gasteiger partial charge is 0.342 e. The summed E-state index contributed by atoms with van der Waals surface area (Å²) in [5, 5.41) is 4.15. The number of benzene rings is 1. The molecular weight excluding hydrogens is 429 g/mol. The molecule has 5 nitrogen and oxygen atoms in total. The fourth-order valence-electron chi connectivity index (χ4n) is 2.44. The summed E-state index contributed by atoms with van der Waals surface area (Å²) in [6, 6.07) is 11.7. The lowest BCUT2D eigenvalue weighted by Crippen LogP contribution is -2.14. The fraction of sp³-hybridized carbons (Fsp3) is 0.211. The summed E-state index contributed by atoms with van der Waals surface area (Å²) in [7, 11) is 0. The van der Waals surface area contributed by atoms with E-state index in [2.05, 4.69) is 37.9 Å². The normalized spacial score (nSPS) is 10.9. The molecule has 2 aromatic heterocycles. The van der Waals surface area contributed by atoms with E-state index in [1.54, 1.807) is 0 Å². The van der Waals surface area contributed by atoms with Crippen molar-refractivity contribution >= 4 is 51.0 Å². The van der Waals surface area contributed by atoms with Crippen molar-refractivity contribution < 1.29 is 9.53 Å². The predicted molar refractivity (Wildman–Crippen MR) is 107 cm³/mol. The Morgan fingerprint density at radius 3 is 2.68 bits per heavy atom. The van der Waals surface area contributed by atoms with Crippen LogP contribution in [0.1, 0.15) is 29.9 Å². The zero-order chi connectivity index (χ0) is 18.0. The highest BCUT2D eigenvalue weighted by molar-refractivity contribution is 14.1. The highest BCUT2D eigenvalue weighted by Gasteiger charge is 2.19. The number of carbonyl (C=O) groups excluding carboxylic acids is 1. The number of carbonyl (C=O) groups is 1. The molecule has 3 rings (SSSR count). The molecule has 0 amide bonds.